The van der Waals surface area contributed by atoms with Gasteiger partial charge in [0.1, 0.15) is 5.60 Å². The Morgan fingerprint density at radius 1 is 1.43 bits per heavy atom. The van der Waals surface area contributed by atoms with E-state index in [1.54, 1.807) is 6.20 Å². The fraction of sp³-hybridized carbons (Fsp3) is 0.643. The van der Waals surface area contributed by atoms with E-state index < -0.39 is 0 Å². The topological polar surface area (TPSA) is 62.6 Å². The van der Waals surface area contributed by atoms with Crippen molar-refractivity contribution in [1.29, 1.82) is 0 Å². The Morgan fingerprint density at radius 2 is 2.24 bits per heavy atom. The van der Waals surface area contributed by atoms with Crippen molar-refractivity contribution in [3.8, 4) is 0 Å². The van der Waals surface area contributed by atoms with Gasteiger partial charge in [0, 0.05) is 12.5 Å². The van der Waals surface area contributed by atoms with E-state index in [9.17, 15) is 0 Å². The summed E-state index contributed by atoms with van der Waals surface area (Å²) in [5.74, 6) is 1.18. The number of piperidine rings is 3. The molecule has 4 aliphatic heterocycles. The molecule has 4 aliphatic rings. The van der Waals surface area contributed by atoms with E-state index in [4.69, 9.17) is 16.3 Å². The molecule has 5 heterocycles. The van der Waals surface area contributed by atoms with Gasteiger partial charge in [-0.15, -0.1) is 0 Å². The second-order valence-corrected chi connectivity index (χ2v) is 6.45. The smallest absolute Gasteiger partial charge is 0.291 e. The minimum atomic E-state index is -0.138. The van der Waals surface area contributed by atoms with Crippen molar-refractivity contribution in [2.75, 3.05) is 31.5 Å². The zero-order chi connectivity index (χ0) is 14.4. The Hall–Kier alpha value is -1.40. The number of hydrogen-bond acceptors (Lipinski definition) is 6. The van der Waals surface area contributed by atoms with Gasteiger partial charge in [-0.3, -0.25) is 15.2 Å². The molecule has 1 spiro atoms. The molecule has 3 saturated heterocycles. The molecule has 6 nitrogen and oxygen atoms in total. The zero-order valence-electron chi connectivity index (χ0n) is 12.0. The molecule has 0 radical (unpaired) electrons. The summed E-state index contributed by atoms with van der Waals surface area (Å²) in [6, 6.07) is 0.540. The third-order valence-electron chi connectivity index (χ3n) is 4.75. The summed E-state index contributed by atoms with van der Waals surface area (Å²) < 4.78 is 6.18. The predicted octanol–water partition coefficient (Wildman–Crippen LogP) is 1.70. The highest BCUT2D eigenvalue weighted by atomic mass is 35.5. The molecular weight excluding hydrogens is 290 g/mol. The van der Waals surface area contributed by atoms with E-state index >= 15 is 0 Å². The number of rotatable bonds is 1. The van der Waals surface area contributed by atoms with Gasteiger partial charge < -0.3 is 4.74 Å². The summed E-state index contributed by atoms with van der Waals surface area (Å²) in [5, 5.41) is 3.49. The van der Waals surface area contributed by atoms with Crippen molar-refractivity contribution in [3.63, 3.8) is 0 Å². The first kappa shape index (κ1) is 13.3. The highest BCUT2D eigenvalue weighted by Crippen LogP contribution is 2.40. The molecule has 21 heavy (non-hydrogen) atoms. The number of aryl methyl sites for hydroxylation is 1. The summed E-state index contributed by atoms with van der Waals surface area (Å²) in [5.41, 5.74) is 0.575. The van der Waals surface area contributed by atoms with Crippen LogP contribution in [-0.4, -0.2) is 52.7 Å². The minimum absolute atomic E-state index is 0.138. The fourth-order valence-electron chi connectivity index (χ4n) is 3.54. The average Bonchev–Trinajstić information content (AvgIpc) is 2.87. The van der Waals surface area contributed by atoms with Crippen LogP contribution in [-0.2, 0) is 4.74 Å². The van der Waals surface area contributed by atoms with Crippen LogP contribution < -0.4 is 5.32 Å². The van der Waals surface area contributed by atoms with Crippen LogP contribution in [0.2, 0.25) is 5.15 Å². The van der Waals surface area contributed by atoms with Crippen LogP contribution in [0.1, 0.15) is 18.5 Å². The van der Waals surface area contributed by atoms with Gasteiger partial charge in [-0.05, 0) is 32.9 Å². The van der Waals surface area contributed by atoms with Crippen LogP contribution in [0.4, 0.5) is 5.82 Å². The van der Waals surface area contributed by atoms with Gasteiger partial charge in [-0.1, -0.05) is 11.6 Å². The molecule has 112 valence electrons. The molecule has 7 heteroatoms. The molecule has 0 unspecified atom stereocenters. The van der Waals surface area contributed by atoms with Gasteiger partial charge in [0.05, 0.1) is 18.4 Å². The van der Waals surface area contributed by atoms with E-state index in [0.29, 0.717) is 28.6 Å². The molecule has 2 bridgehead atoms. The molecule has 1 aromatic rings. The van der Waals surface area contributed by atoms with Gasteiger partial charge in [0.25, 0.3) is 6.02 Å². The molecule has 0 saturated carbocycles. The van der Waals surface area contributed by atoms with E-state index in [0.717, 1.165) is 13.1 Å². The van der Waals surface area contributed by atoms with Crippen molar-refractivity contribution in [3.05, 3.63) is 17.0 Å². The van der Waals surface area contributed by atoms with Crippen molar-refractivity contribution < 1.29 is 4.74 Å². The van der Waals surface area contributed by atoms with Crippen LogP contribution in [0.15, 0.2) is 11.2 Å². The number of hydrogen-bond donors (Lipinski definition) is 1. The first-order chi connectivity index (χ1) is 10.1. The van der Waals surface area contributed by atoms with Crippen molar-refractivity contribution in [1.82, 2.24) is 14.9 Å². The van der Waals surface area contributed by atoms with Crippen molar-refractivity contribution in [2.24, 2.45) is 10.9 Å². The molecular formula is C14H18ClN5O. The number of anilines is 1. The number of amidine groups is 1. The summed E-state index contributed by atoms with van der Waals surface area (Å²) in [7, 11) is 0. The summed E-state index contributed by atoms with van der Waals surface area (Å²) >= 11 is 5.99. The van der Waals surface area contributed by atoms with Crippen LogP contribution in [0.5, 0.6) is 0 Å². The molecule has 1 aromatic heterocycles. The molecule has 0 amide bonds. The lowest BCUT2D eigenvalue weighted by molar-refractivity contribution is -0.0829. The quantitative estimate of drug-likeness (QED) is 0.855. The van der Waals surface area contributed by atoms with Crippen LogP contribution in [0, 0.1) is 12.8 Å². The molecule has 3 fully saturated rings. The average molecular weight is 308 g/mol. The summed E-state index contributed by atoms with van der Waals surface area (Å²) in [4.78, 5) is 15.4. The predicted molar refractivity (Wildman–Crippen MR) is 80.7 cm³/mol. The normalized spacial score (nSPS) is 33.9. The number of nitrogens with zero attached hydrogens (tertiary/aromatic N) is 4. The van der Waals surface area contributed by atoms with E-state index in [2.05, 4.69) is 25.2 Å². The Balaban J connectivity index is 1.47. The van der Waals surface area contributed by atoms with Crippen LogP contribution in [0.3, 0.4) is 0 Å². The lowest BCUT2D eigenvalue weighted by Crippen LogP contribution is -2.61. The van der Waals surface area contributed by atoms with Gasteiger partial charge >= 0.3 is 0 Å². The standard InChI is InChI=1S/C14H18ClN5O/c1-9-12(15)18-11(6-16-9)19-13-17-7-14(21-13)8-20-4-2-10(14)3-5-20/h6,10H,2-5,7-8H2,1H3,(H,17,18,19)/t14-/m0/s1. The number of halogens is 1. The van der Waals surface area contributed by atoms with E-state index in [1.807, 2.05) is 6.92 Å². The monoisotopic (exact) mass is 307 g/mol. The first-order valence-corrected chi connectivity index (χ1v) is 7.74. The maximum atomic E-state index is 6.18. The van der Waals surface area contributed by atoms with Crippen molar-refractivity contribution in [2.45, 2.75) is 25.4 Å². The second-order valence-electron chi connectivity index (χ2n) is 6.10. The Labute approximate surface area is 128 Å². The zero-order valence-corrected chi connectivity index (χ0v) is 12.7. The van der Waals surface area contributed by atoms with Crippen LogP contribution >= 0.6 is 11.6 Å². The molecule has 0 aliphatic carbocycles. The fourth-order valence-corrected chi connectivity index (χ4v) is 3.68. The Morgan fingerprint density at radius 3 is 2.90 bits per heavy atom. The number of aliphatic imine (C=N–C) groups is 1. The van der Waals surface area contributed by atoms with Gasteiger partial charge in [-0.25, -0.2) is 9.98 Å². The highest BCUT2D eigenvalue weighted by Gasteiger charge is 2.51. The van der Waals surface area contributed by atoms with Gasteiger partial charge in [0.15, 0.2) is 11.0 Å². The number of nitrogens with one attached hydrogen (secondary N) is 1. The van der Waals surface area contributed by atoms with E-state index in [1.165, 1.54) is 25.9 Å². The number of ether oxygens (including phenoxy) is 1. The lowest BCUT2D eigenvalue weighted by atomic mass is 9.75. The maximum absolute atomic E-state index is 6.18. The van der Waals surface area contributed by atoms with Crippen molar-refractivity contribution >= 4 is 23.4 Å². The lowest BCUT2D eigenvalue weighted by Gasteiger charge is -2.50. The third kappa shape index (κ3) is 2.26. The summed E-state index contributed by atoms with van der Waals surface area (Å²) in [6.45, 7) is 5.91. The number of aromatic nitrogens is 2. The molecule has 0 aromatic carbocycles. The maximum Gasteiger partial charge on any atom is 0.291 e. The SMILES string of the molecule is Cc1ncc(NC2=NC[C@@]3(CN4CCC3CC4)O2)nc1Cl. The Bertz CT molecular complexity index is 599. The summed E-state index contributed by atoms with van der Waals surface area (Å²) in [6.07, 6.45) is 4.06. The highest BCUT2D eigenvalue weighted by molar-refractivity contribution is 6.30. The second kappa shape index (κ2) is 4.81. The molecule has 5 rings (SSSR count). The third-order valence-corrected chi connectivity index (χ3v) is 5.10. The van der Waals surface area contributed by atoms with Gasteiger partial charge in [-0.2, -0.15) is 0 Å². The first-order valence-electron chi connectivity index (χ1n) is 7.37. The number of fused-ring (bicyclic) bond motifs is 2. The van der Waals surface area contributed by atoms with E-state index in [-0.39, 0.29) is 5.60 Å². The largest absolute Gasteiger partial charge is 0.455 e. The minimum Gasteiger partial charge on any atom is -0.455 e. The molecule has 1 N–H and O–H groups in total. The Kier molecular flexibility index (Phi) is 3.04. The van der Waals surface area contributed by atoms with Gasteiger partial charge in [0.2, 0.25) is 0 Å². The van der Waals surface area contributed by atoms with Crippen LogP contribution in [0.25, 0.3) is 0 Å². The molecule has 1 atom stereocenters.